The van der Waals surface area contributed by atoms with Crippen LogP contribution in [0.5, 0.6) is 11.5 Å². The second-order valence-electron chi connectivity index (χ2n) is 5.80. The fraction of sp³-hybridized carbons (Fsp3) is 0.211. The Morgan fingerprint density at radius 1 is 1.11 bits per heavy atom. The number of carbonyl (C=O) groups excluding carboxylic acids is 3. The van der Waals surface area contributed by atoms with E-state index in [0.717, 1.165) is 10.6 Å². The van der Waals surface area contributed by atoms with E-state index in [2.05, 4.69) is 10.9 Å². The summed E-state index contributed by atoms with van der Waals surface area (Å²) in [6.07, 6.45) is 0. The van der Waals surface area contributed by atoms with Gasteiger partial charge in [-0.2, -0.15) is 0 Å². The monoisotopic (exact) mass is 401 g/mol. The average molecular weight is 401 g/mol. The van der Waals surface area contributed by atoms with Gasteiger partial charge in [-0.25, -0.2) is 0 Å². The van der Waals surface area contributed by atoms with Crippen LogP contribution in [0.1, 0.15) is 0 Å². The van der Waals surface area contributed by atoms with E-state index < -0.39 is 5.91 Å². The largest absolute Gasteiger partial charge is 0.497 e. The molecule has 0 atom stereocenters. The van der Waals surface area contributed by atoms with Crippen LogP contribution in [0.15, 0.2) is 53.4 Å². The van der Waals surface area contributed by atoms with Gasteiger partial charge in [-0.05, 0) is 36.4 Å². The maximum atomic E-state index is 12.1. The minimum absolute atomic E-state index is 0.130. The fourth-order valence-electron chi connectivity index (χ4n) is 2.51. The first kappa shape index (κ1) is 19.6. The molecule has 0 bridgehead atoms. The van der Waals surface area contributed by atoms with Gasteiger partial charge in [0.05, 0.1) is 18.6 Å². The Morgan fingerprint density at radius 2 is 1.82 bits per heavy atom. The smallest absolute Gasteiger partial charge is 0.265 e. The zero-order valence-electron chi connectivity index (χ0n) is 15.1. The lowest BCUT2D eigenvalue weighted by atomic mass is 10.2. The number of para-hydroxylation sites is 2. The third-order valence-corrected chi connectivity index (χ3v) is 4.89. The molecule has 1 aliphatic heterocycles. The molecular weight excluding hydrogens is 382 g/mol. The topological polar surface area (TPSA) is 97.0 Å². The second-order valence-corrected chi connectivity index (χ2v) is 6.85. The van der Waals surface area contributed by atoms with Crippen molar-refractivity contribution in [2.24, 2.45) is 0 Å². The Kier molecular flexibility index (Phi) is 6.38. The first-order valence-corrected chi connectivity index (χ1v) is 9.42. The molecule has 8 nitrogen and oxygen atoms in total. The molecule has 2 aromatic rings. The number of ether oxygens (including phenoxy) is 2. The number of amides is 3. The van der Waals surface area contributed by atoms with Crippen LogP contribution in [0, 0.1) is 0 Å². The Balaban J connectivity index is 1.46. The van der Waals surface area contributed by atoms with Crippen molar-refractivity contribution >= 4 is 35.2 Å². The van der Waals surface area contributed by atoms with Gasteiger partial charge >= 0.3 is 0 Å². The van der Waals surface area contributed by atoms with Gasteiger partial charge in [0, 0.05) is 4.90 Å². The second kappa shape index (κ2) is 9.14. The average Bonchev–Trinajstić information content (AvgIpc) is 2.73. The molecule has 1 aliphatic rings. The molecule has 0 fully saturated rings. The van der Waals surface area contributed by atoms with Crippen molar-refractivity contribution in [3.05, 3.63) is 48.5 Å². The van der Waals surface area contributed by atoms with E-state index in [9.17, 15) is 14.4 Å². The Bertz CT molecular complexity index is 872. The van der Waals surface area contributed by atoms with Gasteiger partial charge in [-0.1, -0.05) is 12.1 Å². The molecule has 0 spiro atoms. The molecule has 146 valence electrons. The number of methoxy groups -OCH3 is 1. The molecule has 2 N–H and O–H groups in total. The summed E-state index contributed by atoms with van der Waals surface area (Å²) in [5.74, 6) is 0.215. The third kappa shape index (κ3) is 4.95. The molecule has 9 heteroatoms. The number of nitrogens with one attached hydrogen (secondary N) is 2. The molecule has 28 heavy (non-hydrogen) atoms. The lowest BCUT2D eigenvalue weighted by Gasteiger charge is -2.28. The highest BCUT2D eigenvalue weighted by Gasteiger charge is 2.26. The van der Waals surface area contributed by atoms with E-state index in [1.54, 1.807) is 43.5 Å². The van der Waals surface area contributed by atoms with Crippen molar-refractivity contribution in [3.63, 3.8) is 0 Å². The molecule has 0 saturated heterocycles. The number of hydrazine groups is 1. The van der Waals surface area contributed by atoms with Crippen LogP contribution < -0.4 is 25.2 Å². The summed E-state index contributed by atoms with van der Waals surface area (Å²) >= 11 is 1.33. The van der Waals surface area contributed by atoms with Gasteiger partial charge in [0.25, 0.3) is 11.8 Å². The number of rotatable bonds is 6. The number of carbonyl (C=O) groups is 3. The first-order valence-electron chi connectivity index (χ1n) is 8.43. The number of anilines is 1. The van der Waals surface area contributed by atoms with Crippen LogP contribution >= 0.6 is 11.8 Å². The van der Waals surface area contributed by atoms with Gasteiger partial charge in [-0.3, -0.25) is 30.1 Å². The number of fused-ring (bicyclic) bond motifs is 1. The van der Waals surface area contributed by atoms with Crippen molar-refractivity contribution in [1.29, 1.82) is 0 Å². The highest BCUT2D eigenvalue weighted by Crippen LogP contribution is 2.31. The summed E-state index contributed by atoms with van der Waals surface area (Å²) in [5, 5.41) is 0. The molecule has 2 aromatic carbocycles. The summed E-state index contributed by atoms with van der Waals surface area (Å²) in [6, 6.07) is 14.3. The summed E-state index contributed by atoms with van der Waals surface area (Å²) in [5.41, 5.74) is 5.20. The van der Waals surface area contributed by atoms with Gasteiger partial charge in [-0.15, -0.1) is 11.8 Å². The lowest BCUT2D eigenvalue weighted by molar-refractivity contribution is -0.128. The summed E-state index contributed by atoms with van der Waals surface area (Å²) in [4.78, 5) is 38.3. The van der Waals surface area contributed by atoms with Crippen LogP contribution in [0.2, 0.25) is 0 Å². The quantitative estimate of drug-likeness (QED) is 0.560. The number of hydrogen-bond acceptors (Lipinski definition) is 6. The van der Waals surface area contributed by atoms with E-state index in [1.165, 1.54) is 16.7 Å². The number of hydrogen-bond donors (Lipinski definition) is 2. The molecule has 0 aliphatic carbocycles. The van der Waals surface area contributed by atoms with E-state index in [-0.39, 0.29) is 30.7 Å². The van der Waals surface area contributed by atoms with Gasteiger partial charge < -0.3 is 9.47 Å². The van der Waals surface area contributed by atoms with Crippen LogP contribution in [-0.4, -0.2) is 43.7 Å². The molecule has 3 rings (SSSR count). The molecular formula is C19H19N3O5S. The minimum atomic E-state index is -0.507. The molecule has 0 unspecified atom stereocenters. The summed E-state index contributed by atoms with van der Waals surface area (Å²) in [6.45, 7) is -0.347. The van der Waals surface area contributed by atoms with Crippen molar-refractivity contribution in [2.45, 2.75) is 4.90 Å². The fourth-order valence-corrected chi connectivity index (χ4v) is 3.21. The van der Waals surface area contributed by atoms with Crippen LogP contribution in [0.3, 0.4) is 0 Å². The van der Waals surface area contributed by atoms with E-state index >= 15 is 0 Å². The van der Waals surface area contributed by atoms with E-state index in [0.29, 0.717) is 11.4 Å². The highest BCUT2D eigenvalue weighted by molar-refractivity contribution is 8.00. The van der Waals surface area contributed by atoms with E-state index in [4.69, 9.17) is 9.47 Å². The maximum Gasteiger partial charge on any atom is 0.265 e. The number of nitrogens with zero attached hydrogens (tertiary/aromatic N) is 1. The first-order chi connectivity index (χ1) is 13.6. The van der Waals surface area contributed by atoms with Gasteiger partial charge in [0.2, 0.25) is 5.91 Å². The Labute approximate surface area is 166 Å². The summed E-state index contributed by atoms with van der Waals surface area (Å²) in [7, 11) is 1.58. The summed E-state index contributed by atoms with van der Waals surface area (Å²) < 4.78 is 10.4. The lowest BCUT2D eigenvalue weighted by Crippen LogP contribution is -2.50. The van der Waals surface area contributed by atoms with Gasteiger partial charge in [0.15, 0.2) is 6.61 Å². The van der Waals surface area contributed by atoms with Crippen molar-refractivity contribution in [1.82, 2.24) is 10.9 Å². The van der Waals surface area contributed by atoms with Crippen molar-refractivity contribution < 1.29 is 23.9 Å². The normalized spacial score (nSPS) is 12.6. The SMILES string of the molecule is COc1ccc(SCC(=O)NNC(=O)CN2C(=O)COc3ccccc32)cc1. The van der Waals surface area contributed by atoms with Crippen molar-refractivity contribution in [3.8, 4) is 11.5 Å². The Morgan fingerprint density at radius 3 is 2.57 bits per heavy atom. The maximum absolute atomic E-state index is 12.1. The van der Waals surface area contributed by atoms with Crippen LogP contribution in [-0.2, 0) is 14.4 Å². The van der Waals surface area contributed by atoms with Crippen LogP contribution in [0.25, 0.3) is 0 Å². The zero-order valence-corrected chi connectivity index (χ0v) is 16.0. The highest BCUT2D eigenvalue weighted by atomic mass is 32.2. The van der Waals surface area contributed by atoms with Crippen molar-refractivity contribution in [2.75, 3.05) is 30.9 Å². The Hall–Kier alpha value is -3.20. The molecule has 3 amide bonds. The van der Waals surface area contributed by atoms with E-state index in [1.807, 2.05) is 12.1 Å². The molecule has 0 saturated carbocycles. The predicted molar refractivity (Wildman–Crippen MR) is 104 cm³/mol. The molecule has 0 radical (unpaired) electrons. The molecule has 0 aromatic heterocycles. The zero-order chi connectivity index (χ0) is 19.9. The predicted octanol–water partition coefficient (Wildman–Crippen LogP) is 1.36. The molecule has 1 heterocycles. The van der Waals surface area contributed by atoms with Gasteiger partial charge in [0.1, 0.15) is 18.0 Å². The van der Waals surface area contributed by atoms with Crippen LogP contribution in [0.4, 0.5) is 5.69 Å². The number of thioether (sulfide) groups is 1. The standard InChI is InChI=1S/C19H19N3O5S/c1-26-13-6-8-14(9-7-13)28-12-18(24)21-20-17(23)10-22-15-4-2-3-5-16(15)27-11-19(22)25/h2-9H,10-12H2,1H3,(H,20,23)(H,21,24). The minimum Gasteiger partial charge on any atom is -0.497 e. The third-order valence-electron chi connectivity index (χ3n) is 3.88. The number of benzene rings is 2.